The van der Waals surface area contributed by atoms with Gasteiger partial charge in [-0.25, -0.2) is 8.42 Å². The number of aliphatic hydroxyl groups is 2. The summed E-state index contributed by atoms with van der Waals surface area (Å²) in [6.07, 6.45) is 5.95. The van der Waals surface area contributed by atoms with Gasteiger partial charge in [0.2, 0.25) is 10.4 Å². The molecular weight excluding hydrogens is 491 g/mol. The van der Waals surface area contributed by atoms with Gasteiger partial charge in [0.05, 0.1) is 12.2 Å². The second-order valence-electron chi connectivity index (χ2n) is 12.8. The summed E-state index contributed by atoms with van der Waals surface area (Å²) in [5.41, 5.74) is 1.23. The first-order valence-corrected chi connectivity index (χ1v) is 14.7. The van der Waals surface area contributed by atoms with E-state index < -0.39 is 28.7 Å². The number of allylic oxidation sites excluding steroid dienone is 2. The maximum atomic E-state index is 12.6. The zero-order valence-electron chi connectivity index (χ0n) is 22.8. The Morgan fingerprint density at radius 3 is 2.44 bits per heavy atom. The minimum absolute atomic E-state index is 0. The fourth-order valence-corrected chi connectivity index (χ4v) is 9.22. The van der Waals surface area contributed by atoms with Crippen molar-refractivity contribution in [3.63, 3.8) is 0 Å². The van der Waals surface area contributed by atoms with Gasteiger partial charge in [0, 0.05) is 6.42 Å². The first-order chi connectivity index (χ1) is 16.2. The molecule has 2 N–H and O–H groups in total. The molecule has 4 aliphatic rings. The Morgan fingerprint density at radius 1 is 1.17 bits per heavy atom. The summed E-state index contributed by atoms with van der Waals surface area (Å²) in [7, 11) is -4.76. The molecule has 0 radical (unpaired) electrons. The number of carbonyl (C=O) groups excluding carboxylic acids is 1. The number of Topliss-reactive ketones (excluding diaryl/α,β-unsaturated/α-hetero) is 1. The number of hydrogen-bond acceptors (Lipinski definition) is 7. The summed E-state index contributed by atoms with van der Waals surface area (Å²) in [4.78, 5) is 12.6. The predicted molar refractivity (Wildman–Crippen MR) is 131 cm³/mol. The van der Waals surface area contributed by atoms with Crippen molar-refractivity contribution in [3.8, 4) is 0 Å². The van der Waals surface area contributed by atoms with Crippen LogP contribution in [0.2, 0.25) is 0 Å². The van der Waals surface area contributed by atoms with Crippen molar-refractivity contribution in [3.05, 3.63) is 11.6 Å². The van der Waals surface area contributed by atoms with Crippen LogP contribution in [0.3, 0.4) is 0 Å². The van der Waals surface area contributed by atoms with Crippen LogP contribution in [0.1, 0.15) is 86.0 Å². The third-order valence-electron chi connectivity index (χ3n) is 10.5. The van der Waals surface area contributed by atoms with Crippen LogP contribution in [0.5, 0.6) is 0 Å². The van der Waals surface area contributed by atoms with Crippen molar-refractivity contribution in [2.45, 2.75) is 104 Å². The van der Waals surface area contributed by atoms with Gasteiger partial charge in [-0.3, -0.25) is 8.98 Å². The molecular formula is C27H43NaO7S. The molecule has 3 saturated carbocycles. The van der Waals surface area contributed by atoms with E-state index in [0.717, 1.165) is 19.3 Å². The van der Waals surface area contributed by atoms with Crippen LogP contribution in [-0.2, 0) is 19.4 Å². The Bertz CT molecular complexity index is 965. The van der Waals surface area contributed by atoms with Gasteiger partial charge < -0.3 is 14.8 Å². The molecule has 0 aromatic heterocycles. The molecule has 7 unspecified atom stereocenters. The van der Waals surface area contributed by atoms with Crippen molar-refractivity contribution in [1.82, 2.24) is 0 Å². The number of rotatable bonds is 7. The van der Waals surface area contributed by atoms with E-state index >= 15 is 0 Å². The number of carbonyl (C=O) groups is 1. The molecule has 4 rings (SSSR count). The quantitative estimate of drug-likeness (QED) is 0.216. The maximum absolute atomic E-state index is 12.6. The molecule has 0 bridgehead atoms. The average Bonchev–Trinajstić information content (AvgIpc) is 3.10. The van der Waals surface area contributed by atoms with Crippen LogP contribution in [0.4, 0.5) is 0 Å². The molecule has 36 heavy (non-hydrogen) atoms. The number of ketones is 1. The molecule has 9 heteroatoms. The number of hydrogen-bond donors (Lipinski definition) is 2. The molecule has 200 valence electrons. The Morgan fingerprint density at radius 2 is 1.83 bits per heavy atom. The van der Waals surface area contributed by atoms with Crippen molar-refractivity contribution in [2.24, 2.45) is 46.3 Å². The maximum Gasteiger partial charge on any atom is 1.00 e. The standard InChI is InChI=1S/C27H44O7S.Na/c1-15(2)25(30)24(29)12-16(3)19-6-7-20-18-14-23(28)22-13-17(34-35(31,32)33)8-10-27(22,5)21(18)9-11-26(19,20)4;/h9,15-20,22-23,25,28,30H,6-8,10-14H2,1-5H3,(H,31,32,33);/q;+1/p-1/t16-,17?,18?,19?,20?,22?,23?,25?,26-,27-;/m1./s1. The Labute approximate surface area is 239 Å². The van der Waals surface area contributed by atoms with E-state index in [4.69, 9.17) is 4.18 Å². The molecule has 0 aromatic carbocycles. The molecule has 0 aromatic rings. The molecule has 0 spiro atoms. The third kappa shape index (κ3) is 5.58. The zero-order valence-corrected chi connectivity index (χ0v) is 25.6. The van der Waals surface area contributed by atoms with Crippen LogP contribution in [0.15, 0.2) is 11.6 Å². The van der Waals surface area contributed by atoms with Crippen LogP contribution in [0.25, 0.3) is 0 Å². The van der Waals surface area contributed by atoms with Gasteiger partial charge >= 0.3 is 29.6 Å². The van der Waals surface area contributed by atoms with Gasteiger partial charge in [0.25, 0.3) is 0 Å². The number of fused-ring (bicyclic) bond motifs is 5. The van der Waals surface area contributed by atoms with Crippen LogP contribution in [0, 0.1) is 46.3 Å². The van der Waals surface area contributed by atoms with E-state index in [1.807, 2.05) is 13.8 Å². The van der Waals surface area contributed by atoms with Crippen LogP contribution in [-0.4, -0.2) is 47.3 Å². The molecule has 7 nitrogen and oxygen atoms in total. The Balaban J connectivity index is 0.00000361. The summed E-state index contributed by atoms with van der Waals surface area (Å²) in [5.74, 6) is 1.04. The third-order valence-corrected chi connectivity index (χ3v) is 11.0. The van der Waals surface area contributed by atoms with Crippen molar-refractivity contribution in [1.29, 1.82) is 0 Å². The summed E-state index contributed by atoms with van der Waals surface area (Å²) in [6.45, 7) is 10.4. The Kier molecular flexibility index (Phi) is 9.39. The smallest absolute Gasteiger partial charge is 0.726 e. The zero-order chi connectivity index (χ0) is 25.9. The van der Waals surface area contributed by atoms with E-state index in [1.54, 1.807) is 0 Å². The molecule has 0 saturated heterocycles. The molecule has 0 heterocycles. The topological polar surface area (TPSA) is 124 Å². The average molecular weight is 535 g/mol. The first-order valence-electron chi connectivity index (χ1n) is 13.4. The van der Waals surface area contributed by atoms with Gasteiger partial charge in [-0.05, 0) is 91.3 Å². The van der Waals surface area contributed by atoms with Crippen molar-refractivity contribution < 1.29 is 61.7 Å². The SMILES string of the molecule is CC(C)C(O)C(=O)C[C@@H](C)C1CCC2C3CC(O)C4CC(OS(=O)(=O)[O-])CC[C@]4(C)C3=CC[C@@]21C.[Na+]. The van der Waals surface area contributed by atoms with Gasteiger partial charge in [-0.1, -0.05) is 46.3 Å². The second-order valence-corrected chi connectivity index (χ2v) is 13.8. The molecule has 4 aliphatic carbocycles. The van der Waals surface area contributed by atoms with E-state index in [2.05, 4.69) is 26.8 Å². The summed E-state index contributed by atoms with van der Waals surface area (Å²) in [5, 5.41) is 21.5. The normalized spacial score (nSPS) is 41.9. The van der Waals surface area contributed by atoms with E-state index in [0.29, 0.717) is 43.9 Å². The second kappa shape index (κ2) is 11.0. The molecule has 10 atom stereocenters. The van der Waals surface area contributed by atoms with Crippen LogP contribution >= 0.6 is 0 Å². The van der Waals surface area contributed by atoms with Crippen molar-refractivity contribution in [2.75, 3.05) is 0 Å². The Hall–Kier alpha value is 0.200. The van der Waals surface area contributed by atoms with Gasteiger partial charge in [-0.15, -0.1) is 0 Å². The first kappa shape index (κ1) is 30.7. The van der Waals surface area contributed by atoms with Gasteiger partial charge in [0.15, 0.2) is 5.78 Å². The minimum Gasteiger partial charge on any atom is -0.726 e. The van der Waals surface area contributed by atoms with Gasteiger partial charge in [-0.2, -0.15) is 0 Å². The summed E-state index contributed by atoms with van der Waals surface area (Å²) >= 11 is 0. The monoisotopic (exact) mass is 534 g/mol. The summed E-state index contributed by atoms with van der Waals surface area (Å²) in [6, 6.07) is 0. The van der Waals surface area contributed by atoms with E-state index in [9.17, 15) is 28.0 Å². The molecule has 0 amide bonds. The minimum atomic E-state index is -4.76. The summed E-state index contributed by atoms with van der Waals surface area (Å²) < 4.78 is 38.2. The largest absolute Gasteiger partial charge is 1.00 e. The van der Waals surface area contributed by atoms with E-state index in [-0.39, 0.29) is 69.8 Å². The molecule has 0 aliphatic heterocycles. The molecule has 3 fully saturated rings. The van der Waals surface area contributed by atoms with Crippen molar-refractivity contribution >= 4 is 16.2 Å². The van der Waals surface area contributed by atoms with E-state index in [1.165, 1.54) is 5.57 Å². The fourth-order valence-electron chi connectivity index (χ4n) is 8.72. The fraction of sp³-hybridized carbons (Fsp3) is 0.889. The number of aliphatic hydroxyl groups excluding tert-OH is 2. The predicted octanol–water partition coefficient (Wildman–Crippen LogP) is 0.998. The van der Waals surface area contributed by atoms with Gasteiger partial charge in [0.1, 0.15) is 6.10 Å². The van der Waals surface area contributed by atoms with Crippen LogP contribution < -0.4 is 29.6 Å².